The molecule has 0 fully saturated rings. The van der Waals surface area contributed by atoms with Gasteiger partial charge in [0.05, 0.1) is 0 Å². The molecule has 0 spiro atoms. The SMILES string of the molecule is NCC1=C[N+](c2ccc(Oc3ccc(Cc4ccccc4)cc3)cc2)(S(=O)(=O)C(F)(F)F)CC=C1. The fraction of sp³-hybridized carbons (Fsp3) is 0.154. The highest BCUT2D eigenvalue weighted by Gasteiger charge is 2.61. The summed E-state index contributed by atoms with van der Waals surface area (Å²) < 4.78 is 70.5. The second kappa shape index (κ2) is 9.69. The Morgan fingerprint density at radius 1 is 0.857 bits per heavy atom. The molecule has 0 amide bonds. The third-order valence-corrected chi connectivity index (χ3v) is 7.63. The summed E-state index contributed by atoms with van der Waals surface area (Å²) in [6, 6.07) is 23.1. The number of hydrogen-bond donors (Lipinski definition) is 1. The highest BCUT2D eigenvalue weighted by molar-refractivity contribution is 7.91. The van der Waals surface area contributed by atoms with E-state index >= 15 is 0 Å². The van der Waals surface area contributed by atoms with E-state index in [1.54, 1.807) is 12.1 Å². The van der Waals surface area contributed by atoms with Gasteiger partial charge in [-0.2, -0.15) is 21.6 Å². The lowest BCUT2D eigenvalue weighted by Crippen LogP contribution is -2.56. The fourth-order valence-corrected chi connectivity index (χ4v) is 5.25. The van der Waals surface area contributed by atoms with Crippen LogP contribution < -0.4 is 14.4 Å². The van der Waals surface area contributed by atoms with E-state index in [-0.39, 0.29) is 12.2 Å². The molecule has 0 saturated carbocycles. The fourth-order valence-electron chi connectivity index (χ4n) is 3.93. The van der Waals surface area contributed by atoms with Crippen molar-refractivity contribution in [3.05, 3.63) is 114 Å². The van der Waals surface area contributed by atoms with Gasteiger partial charge in [-0.3, -0.25) is 0 Å². The number of nitrogens with two attached hydrogens (primary N) is 1. The van der Waals surface area contributed by atoms with Gasteiger partial charge in [0, 0.05) is 24.3 Å². The molecule has 9 heteroatoms. The van der Waals surface area contributed by atoms with Crippen LogP contribution in [-0.2, 0) is 16.4 Å². The molecule has 0 aromatic heterocycles. The number of benzene rings is 3. The maximum Gasteiger partial charge on any atom is 0.550 e. The summed E-state index contributed by atoms with van der Waals surface area (Å²) in [6.07, 6.45) is 4.73. The van der Waals surface area contributed by atoms with Crippen molar-refractivity contribution in [2.75, 3.05) is 13.1 Å². The van der Waals surface area contributed by atoms with Crippen molar-refractivity contribution in [2.24, 2.45) is 5.73 Å². The van der Waals surface area contributed by atoms with Gasteiger partial charge in [0.25, 0.3) is 0 Å². The highest BCUT2D eigenvalue weighted by atomic mass is 32.2. The number of quaternary nitrogens is 1. The predicted octanol–water partition coefficient (Wildman–Crippen LogP) is 5.64. The normalized spacial score (nSPS) is 18.2. The van der Waals surface area contributed by atoms with Gasteiger partial charge in [0.2, 0.25) is 0 Å². The van der Waals surface area contributed by atoms with Crippen LogP contribution in [-0.4, -0.2) is 27.0 Å². The second-order valence-corrected chi connectivity index (χ2v) is 10.2. The van der Waals surface area contributed by atoms with Crippen LogP contribution in [0.1, 0.15) is 11.1 Å². The maximum atomic E-state index is 13.6. The topological polar surface area (TPSA) is 69.4 Å². The van der Waals surface area contributed by atoms with Gasteiger partial charge >= 0.3 is 15.5 Å². The number of nitrogens with zero attached hydrogens (tertiary/aromatic N) is 1. The molecule has 35 heavy (non-hydrogen) atoms. The first kappa shape index (κ1) is 24.7. The van der Waals surface area contributed by atoms with Crippen LogP contribution in [0.2, 0.25) is 0 Å². The molecule has 0 saturated heterocycles. The molecule has 1 atom stereocenters. The van der Waals surface area contributed by atoms with Crippen LogP contribution in [0.5, 0.6) is 11.5 Å². The standard InChI is InChI=1S/C26H24F3N2O3S/c27-26(28,29)35(32,33)31(16-4-7-22(18-30)19-31)23-10-14-25(15-11-23)34-24-12-8-21(9-13-24)17-20-5-2-1-3-6-20/h1-15,19H,16-18,30H2/q+1. The van der Waals surface area contributed by atoms with Crippen molar-refractivity contribution in [2.45, 2.75) is 11.9 Å². The molecule has 4 rings (SSSR count). The number of hydrogen-bond acceptors (Lipinski definition) is 4. The zero-order chi connectivity index (χ0) is 25.1. The molecule has 182 valence electrons. The molecule has 3 aromatic carbocycles. The third-order valence-electron chi connectivity index (χ3n) is 5.72. The average molecular weight is 502 g/mol. The van der Waals surface area contributed by atoms with E-state index < -0.39 is 26.0 Å². The Labute approximate surface area is 202 Å². The van der Waals surface area contributed by atoms with E-state index in [4.69, 9.17) is 10.5 Å². The van der Waals surface area contributed by atoms with Gasteiger partial charge in [-0.05, 0) is 47.9 Å². The monoisotopic (exact) mass is 501 g/mol. The van der Waals surface area contributed by atoms with Crippen LogP contribution >= 0.6 is 0 Å². The highest BCUT2D eigenvalue weighted by Crippen LogP contribution is 2.40. The lowest BCUT2D eigenvalue weighted by atomic mass is 10.1. The number of alkyl halides is 3. The van der Waals surface area contributed by atoms with E-state index in [1.807, 2.05) is 42.5 Å². The molecule has 2 N–H and O–H groups in total. The first-order valence-electron chi connectivity index (χ1n) is 10.8. The molecule has 1 aliphatic rings. The van der Waals surface area contributed by atoms with Gasteiger partial charge in [0.1, 0.15) is 24.2 Å². The van der Waals surface area contributed by atoms with Gasteiger partial charge in [-0.15, -0.1) is 3.89 Å². The second-order valence-electron chi connectivity index (χ2n) is 8.11. The summed E-state index contributed by atoms with van der Waals surface area (Å²) in [7, 11) is -5.65. The molecule has 3 aromatic rings. The van der Waals surface area contributed by atoms with E-state index in [9.17, 15) is 21.6 Å². The Morgan fingerprint density at radius 3 is 2.00 bits per heavy atom. The predicted molar refractivity (Wildman–Crippen MR) is 130 cm³/mol. The smallest absolute Gasteiger partial charge is 0.457 e. The molecule has 1 aliphatic heterocycles. The third kappa shape index (κ3) is 5.02. The minimum Gasteiger partial charge on any atom is -0.457 e. The van der Waals surface area contributed by atoms with Crippen molar-refractivity contribution in [3.8, 4) is 11.5 Å². The Kier molecular flexibility index (Phi) is 6.84. The Balaban J connectivity index is 1.57. The number of ether oxygens (including phenoxy) is 1. The minimum atomic E-state index is -5.65. The minimum absolute atomic E-state index is 0.0665. The number of sulfonamides is 1. The largest absolute Gasteiger partial charge is 0.550 e. The van der Waals surface area contributed by atoms with Crippen LogP contribution in [0, 0.1) is 0 Å². The zero-order valence-electron chi connectivity index (χ0n) is 18.7. The van der Waals surface area contributed by atoms with Crippen molar-refractivity contribution in [1.29, 1.82) is 0 Å². The summed E-state index contributed by atoms with van der Waals surface area (Å²) >= 11 is 0. The molecular formula is C26H24F3N2O3S+. The average Bonchev–Trinajstić information content (AvgIpc) is 2.85. The molecule has 5 nitrogen and oxygen atoms in total. The van der Waals surface area contributed by atoms with Crippen LogP contribution in [0.25, 0.3) is 0 Å². The molecule has 0 bridgehead atoms. The van der Waals surface area contributed by atoms with Crippen molar-refractivity contribution < 1.29 is 26.3 Å². The van der Waals surface area contributed by atoms with E-state index in [2.05, 4.69) is 0 Å². The lowest BCUT2D eigenvalue weighted by Gasteiger charge is -2.34. The maximum absolute atomic E-state index is 13.6. The van der Waals surface area contributed by atoms with Gasteiger partial charge in [0.15, 0.2) is 5.69 Å². The van der Waals surface area contributed by atoms with E-state index in [1.165, 1.54) is 42.0 Å². The molecular weight excluding hydrogens is 477 g/mol. The van der Waals surface area contributed by atoms with E-state index in [0.717, 1.165) is 18.2 Å². The van der Waals surface area contributed by atoms with Gasteiger partial charge < -0.3 is 10.5 Å². The number of rotatable bonds is 7. The molecule has 1 heterocycles. The van der Waals surface area contributed by atoms with Gasteiger partial charge in [-0.25, -0.2) is 0 Å². The summed E-state index contributed by atoms with van der Waals surface area (Å²) in [6.45, 7) is -0.500. The Bertz CT molecular complexity index is 1340. The van der Waals surface area contributed by atoms with Crippen LogP contribution in [0.4, 0.5) is 18.9 Å². The van der Waals surface area contributed by atoms with Crippen LogP contribution in [0.15, 0.2) is 103 Å². The Hall–Kier alpha value is -3.40. The summed E-state index contributed by atoms with van der Waals surface area (Å²) in [4.78, 5) is 0. The number of halogens is 3. The summed E-state index contributed by atoms with van der Waals surface area (Å²) in [5.74, 6) is 0.912. The summed E-state index contributed by atoms with van der Waals surface area (Å²) in [5.41, 5.74) is 2.65. The summed E-state index contributed by atoms with van der Waals surface area (Å²) in [5, 5.41) is 0. The first-order chi connectivity index (χ1) is 16.6. The zero-order valence-corrected chi connectivity index (χ0v) is 19.5. The van der Waals surface area contributed by atoms with Crippen molar-refractivity contribution >= 4 is 15.7 Å². The first-order valence-corrected chi connectivity index (χ1v) is 12.3. The van der Waals surface area contributed by atoms with Crippen molar-refractivity contribution in [3.63, 3.8) is 0 Å². The lowest BCUT2D eigenvalue weighted by molar-refractivity contribution is -0.0473. The van der Waals surface area contributed by atoms with Crippen LogP contribution in [0.3, 0.4) is 0 Å². The van der Waals surface area contributed by atoms with Crippen molar-refractivity contribution in [1.82, 2.24) is 3.89 Å². The quantitative estimate of drug-likeness (QED) is 0.426. The molecule has 0 aliphatic carbocycles. The van der Waals surface area contributed by atoms with Gasteiger partial charge in [-0.1, -0.05) is 48.5 Å². The Morgan fingerprint density at radius 2 is 1.43 bits per heavy atom. The molecule has 1 unspecified atom stereocenters. The molecule has 0 radical (unpaired) electrons. The van der Waals surface area contributed by atoms with E-state index in [0.29, 0.717) is 17.1 Å².